The van der Waals surface area contributed by atoms with Crippen molar-refractivity contribution < 1.29 is 141 Å². The first-order valence-electron chi connectivity index (χ1n) is 38.4. The number of hydrogen-bond acceptors (Lipinski definition) is 29. The molecule has 4 heterocycles. The summed E-state index contributed by atoms with van der Waals surface area (Å²) in [6.45, 7) is 1.63. The molecule has 0 aliphatic carbocycles. The average molecular weight is 1610 g/mol. The topological polar surface area (TPSA) is 528 Å². The van der Waals surface area contributed by atoms with E-state index < -0.39 is 154 Å². The highest BCUT2D eigenvalue weighted by atomic mass is 32.5. The zero-order valence-electron chi connectivity index (χ0n) is 63.7. The van der Waals surface area contributed by atoms with Crippen LogP contribution in [-0.4, -0.2) is 327 Å². The quantitative estimate of drug-likeness (QED) is 0.0217. The summed E-state index contributed by atoms with van der Waals surface area (Å²) in [4.78, 5) is 113. The van der Waals surface area contributed by atoms with Gasteiger partial charge in [-0.3, -0.25) is 38.4 Å². The van der Waals surface area contributed by atoms with Crippen LogP contribution in [0.3, 0.4) is 0 Å². The molecule has 632 valence electrons. The molecule has 16 unspecified atom stereocenters. The fourth-order valence-corrected chi connectivity index (χ4v) is 13.6. The van der Waals surface area contributed by atoms with E-state index in [0.717, 1.165) is 25.7 Å². The molecule has 4 saturated heterocycles. The maximum Gasteiger partial charge on any atom is 0.324 e. The van der Waals surface area contributed by atoms with Gasteiger partial charge in [0.2, 0.25) is 47.3 Å². The van der Waals surface area contributed by atoms with Crippen molar-refractivity contribution in [1.29, 1.82) is 0 Å². The molecule has 0 bridgehead atoms. The fourth-order valence-electron chi connectivity index (χ4n) is 12.9. The summed E-state index contributed by atoms with van der Waals surface area (Å²) in [6.07, 6.45) is -4.63. The van der Waals surface area contributed by atoms with E-state index in [1.807, 2.05) is 0 Å². The minimum absolute atomic E-state index is 0.00960. The lowest BCUT2D eigenvalue weighted by Crippen LogP contribution is -2.64. The van der Waals surface area contributed by atoms with E-state index in [2.05, 4.69) is 37.2 Å². The van der Waals surface area contributed by atoms with E-state index in [1.165, 1.54) is 27.9 Å². The number of nitrogens with zero attached hydrogens (tertiary/aromatic N) is 1. The summed E-state index contributed by atoms with van der Waals surface area (Å²) in [7, 11) is 1.29. The van der Waals surface area contributed by atoms with Gasteiger partial charge in [0.25, 0.3) is 0 Å². The van der Waals surface area contributed by atoms with Gasteiger partial charge in [0.1, 0.15) is 73.1 Å². The van der Waals surface area contributed by atoms with E-state index >= 15 is 0 Å². The number of carbonyl (C=O) groups excluding carboxylic acids is 8. The molecule has 4 aliphatic rings. The lowest BCUT2D eigenvalue weighted by Gasteiger charge is -2.43. The van der Waals surface area contributed by atoms with Crippen LogP contribution in [0.15, 0.2) is 0 Å². The highest BCUT2D eigenvalue weighted by Gasteiger charge is 2.48. The van der Waals surface area contributed by atoms with Crippen LogP contribution in [0.25, 0.3) is 0 Å². The monoisotopic (exact) mass is 1610 g/mol. The predicted molar refractivity (Wildman–Crippen MR) is 392 cm³/mol. The van der Waals surface area contributed by atoms with Crippen LogP contribution in [0, 0.1) is 11.8 Å². The predicted octanol–water partition coefficient (Wildman–Crippen LogP) is -2.71. The van der Waals surface area contributed by atoms with Crippen LogP contribution in [0.1, 0.15) is 162 Å². The third-order valence-electron chi connectivity index (χ3n) is 18.9. The summed E-state index contributed by atoms with van der Waals surface area (Å²) < 4.78 is 63.2. The molecule has 37 nitrogen and oxygen atoms in total. The van der Waals surface area contributed by atoms with E-state index in [0.29, 0.717) is 103 Å². The molecule has 39 heteroatoms. The molecule has 0 saturated carbocycles. The molecule has 8 amide bonds. The van der Waals surface area contributed by atoms with Crippen LogP contribution in [0.4, 0.5) is 0 Å². The van der Waals surface area contributed by atoms with Crippen molar-refractivity contribution >= 4 is 65.8 Å². The van der Waals surface area contributed by atoms with Gasteiger partial charge in [0, 0.05) is 131 Å². The molecule has 0 aromatic carbocycles. The van der Waals surface area contributed by atoms with Crippen molar-refractivity contribution in [2.45, 2.75) is 260 Å². The largest absolute Gasteiger partial charge is 0.394 e. The minimum Gasteiger partial charge on any atom is -0.394 e. The molecule has 0 spiro atoms. The number of piperidine rings is 1. The Morgan fingerprint density at radius 1 is 0.413 bits per heavy atom. The molecule has 4 aliphatic heterocycles. The zero-order valence-corrected chi connectivity index (χ0v) is 65.4. The second kappa shape index (κ2) is 55.1. The Balaban J connectivity index is 1.33. The minimum atomic E-state index is -3.22. The molecule has 17 N–H and O–H groups in total. The smallest absolute Gasteiger partial charge is 0.324 e. The maximum absolute atomic E-state index is 14.2. The standard InChI is InChI=1S/C70H127N8O29PS/c1-45(82)75-58-64(93)61(90)50(40-79)105-68(58)101-31-17-9-5-13-28-72-54(86)24-35-98-43-48-38-78(57(89)23-21-22-53(85)71-27-16-8-12-20-34-104-108(96,109)97-4)39-49(44-99-36-25-55(87)73-29-14-6-10-18-32-102-69-59(76-46(2)83)65(94)62(91)51(41-80)106-69)67(48)100-37-26-56(88)74-30-15-7-11-19-33-103-70-60(77-47(3)84)66(95)63(92)52(42-81)107-70/h48-52,58-70,79-81,90-95H,5-44H2,1-4H3,(H,71,85)(H,72,86)(H,73,87)(H,74,88)(H,75,82)(H,76,83)(H,77,84)(H,96,109)/t48-,49-,50?,51?,52?,58?,59?,60?,61?,62?,63?,64?,65?,66?,67?,68?,69?,70?,108?/m0/s1. The molecule has 18 atom stereocenters. The van der Waals surface area contributed by atoms with Crippen molar-refractivity contribution in [1.82, 2.24) is 42.1 Å². The third kappa shape index (κ3) is 38.1. The molecular formula is C70H127N8O29PS. The molecule has 0 aromatic heterocycles. The van der Waals surface area contributed by atoms with Crippen LogP contribution < -0.4 is 37.2 Å². The van der Waals surface area contributed by atoms with E-state index in [1.54, 1.807) is 4.90 Å². The number of carbonyl (C=O) groups is 8. The normalized spacial score (nSPS) is 27.6. The van der Waals surface area contributed by atoms with Gasteiger partial charge in [-0.25, -0.2) is 0 Å². The number of unbranched alkanes of at least 4 members (excludes halogenated alkanes) is 12. The Morgan fingerprint density at radius 3 is 1.06 bits per heavy atom. The lowest BCUT2D eigenvalue weighted by atomic mass is 9.86. The Hall–Kier alpha value is -4.43. The van der Waals surface area contributed by atoms with Crippen molar-refractivity contribution in [3.05, 3.63) is 0 Å². The van der Waals surface area contributed by atoms with Crippen molar-refractivity contribution in [3.8, 4) is 0 Å². The second-order valence-corrected chi connectivity index (χ2v) is 30.8. The molecule has 109 heavy (non-hydrogen) atoms. The Bertz CT molecular complexity index is 2580. The van der Waals surface area contributed by atoms with E-state index in [-0.39, 0.29) is 141 Å². The highest BCUT2D eigenvalue weighted by Crippen LogP contribution is 2.42. The lowest BCUT2D eigenvalue weighted by molar-refractivity contribution is -0.270. The number of amides is 8. The zero-order chi connectivity index (χ0) is 80.1. The Morgan fingerprint density at radius 2 is 0.734 bits per heavy atom. The van der Waals surface area contributed by atoms with Gasteiger partial charge in [-0.15, -0.1) is 0 Å². The van der Waals surface area contributed by atoms with Crippen LogP contribution in [0.2, 0.25) is 0 Å². The van der Waals surface area contributed by atoms with Crippen molar-refractivity contribution in [3.63, 3.8) is 0 Å². The molecular weight excluding hydrogens is 1480 g/mol. The number of ether oxygens (including phenoxy) is 9. The summed E-state index contributed by atoms with van der Waals surface area (Å²) in [5, 5.41) is 111. The van der Waals surface area contributed by atoms with Gasteiger partial charge in [-0.1, -0.05) is 51.4 Å². The fraction of sp³-hybridized carbons (Fsp3) is 0.886. The number of hydrogen-bond donors (Lipinski definition) is 17. The van der Waals surface area contributed by atoms with Gasteiger partial charge < -0.3 is 145 Å². The summed E-state index contributed by atoms with van der Waals surface area (Å²) in [5.74, 6) is -3.61. The summed E-state index contributed by atoms with van der Waals surface area (Å²) >= 11 is 4.85. The van der Waals surface area contributed by atoms with Gasteiger partial charge >= 0.3 is 6.72 Å². The van der Waals surface area contributed by atoms with E-state index in [4.69, 9.17) is 63.5 Å². The van der Waals surface area contributed by atoms with Gasteiger partial charge in [-0.2, -0.15) is 0 Å². The number of nitrogens with one attached hydrogen (secondary N) is 7. The summed E-state index contributed by atoms with van der Waals surface area (Å²) in [5.41, 5.74) is 0. The number of aliphatic hydroxyl groups excluding tert-OH is 9. The van der Waals surface area contributed by atoms with Gasteiger partial charge in [0.15, 0.2) is 18.9 Å². The first kappa shape index (κ1) is 96.9. The SMILES string of the molecule is COP(O)(=S)OCCCCCCNC(=O)CCCC(=O)N1C[C@@H](COCCC(=O)NCCCCCCOC2OC(CO)C(O)C(O)C2NC(C)=O)C(OCCC(=O)NCCCCCCOC2OC(CO)C(O)C(O)C2NC(C)=O)[C@H](COCCC(=O)NCCCCCCOC2OC(CO)C(O)C(O)C2NC(C)=O)C1. The van der Waals surface area contributed by atoms with Crippen LogP contribution >= 0.6 is 6.72 Å². The average Bonchev–Trinajstić information content (AvgIpc) is 0.831. The Kier molecular flexibility index (Phi) is 49.0. The number of rotatable bonds is 57. The van der Waals surface area contributed by atoms with Crippen LogP contribution in [0.5, 0.6) is 0 Å². The van der Waals surface area contributed by atoms with Gasteiger partial charge in [-0.05, 0) is 69.6 Å². The number of aliphatic hydroxyl groups is 9. The maximum atomic E-state index is 14.2. The first-order chi connectivity index (χ1) is 52.2. The van der Waals surface area contributed by atoms with Gasteiger partial charge in [0.05, 0.1) is 65.6 Å². The molecule has 0 radical (unpaired) electrons. The Labute approximate surface area is 643 Å². The van der Waals surface area contributed by atoms with Crippen molar-refractivity contribution in [2.24, 2.45) is 11.8 Å². The molecule has 0 aromatic rings. The highest BCUT2D eigenvalue weighted by molar-refractivity contribution is 8.07. The molecule has 4 rings (SSSR count). The molecule has 4 fully saturated rings. The van der Waals surface area contributed by atoms with Crippen LogP contribution in [-0.2, 0) is 102 Å². The summed E-state index contributed by atoms with van der Waals surface area (Å²) in [6, 6.07) is -3.16. The number of likely N-dealkylation sites (tertiary alicyclic amines) is 1. The second-order valence-electron chi connectivity index (χ2n) is 27.9. The van der Waals surface area contributed by atoms with Crippen molar-refractivity contribution in [2.75, 3.05) is 126 Å². The first-order valence-corrected chi connectivity index (χ1v) is 41.0. The van der Waals surface area contributed by atoms with E-state index in [9.17, 15) is 89.2 Å². The third-order valence-corrected chi connectivity index (χ3v) is 20.6.